The zero-order valence-corrected chi connectivity index (χ0v) is 10.4. The van der Waals surface area contributed by atoms with E-state index in [2.05, 4.69) is 15.2 Å². The second-order valence-electron chi connectivity index (χ2n) is 4.84. The monoisotopic (exact) mass is 237 g/mol. The van der Waals surface area contributed by atoms with Gasteiger partial charge in [0.05, 0.1) is 5.69 Å². The van der Waals surface area contributed by atoms with Crippen molar-refractivity contribution in [3.63, 3.8) is 0 Å². The first-order valence-electron chi connectivity index (χ1n) is 5.97. The fraction of sp³-hybridized carbons (Fsp3) is 0.727. The van der Waals surface area contributed by atoms with Gasteiger partial charge in [-0.2, -0.15) is 0 Å². The lowest BCUT2D eigenvalue weighted by molar-refractivity contribution is 0.0994. The standard InChI is InChI=1S/C11H19N5O/c1-15(2)6-3-7-16-10(8-4-5-8)9(11(12)17)13-14-16/h8H,3-7H2,1-2H3,(H2,12,17). The Morgan fingerprint density at radius 2 is 2.24 bits per heavy atom. The molecule has 1 fully saturated rings. The van der Waals surface area contributed by atoms with Gasteiger partial charge in [-0.1, -0.05) is 5.21 Å². The van der Waals surface area contributed by atoms with Crippen molar-refractivity contribution in [2.24, 2.45) is 5.73 Å². The van der Waals surface area contributed by atoms with E-state index < -0.39 is 5.91 Å². The van der Waals surface area contributed by atoms with Gasteiger partial charge in [-0.25, -0.2) is 4.68 Å². The van der Waals surface area contributed by atoms with Crippen LogP contribution >= 0.6 is 0 Å². The fourth-order valence-corrected chi connectivity index (χ4v) is 1.96. The minimum Gasteiger partial charge on any atom is -0.364 e. The molecule has 0 aromatic carbocycles. The van der Waals surface area contributed by atoms with Crippen LogP contribution in [0.4, 0.5) is 0 Å². The van der Waals surface area contributed by atoms with E-state index >= 15 is 0 Å². The molecular weight excluding hydrogens is 218 g/mol. The lowest BCUT2D eigenvalue weighted by Crippen LogP contribution is -2.17. The van der Waals surface area contributed by atoms with Crippen molar-refractivity contribution in [2.75, 3.05) is 20.6 Å². The average molecular weight is 237 g/mol. The van der Waals surface area contributed by atoms with Crippen LogP contribution in [0.1, 0.15) is 41.4 Å². The minimum absolute atomic E-state index is 0.359. The fourth-order valence-electron chi connectivity index (χ4n) is 1.96. The summed E-state index contributed by atoms with van der Waals surface area (Å²) in [5.74, 6) is -0.0300. The highest BCUT2D eigenvalue weighted by Gasteiger charge is 2.32. The summed E-state index contributed by atoms with van der Waals surface area (Å²) in [6.07, 6.45) is 3.22. The zero-order chi connectivity index (χ0) is 12.4. The minimum atomic E-state index is -0.467. The lowest BCUT2D eigenvalue weighted by Gasteiger charge is -2.10. The molecule has 1 aromatic heterocycles. The number of aryl methyl sites for hydroxylation is 1. The summed E-state index contributed by atoms with van der Waals surface area (Å²) in [5, 5.41) is 7.94. The summed E-state index contributed by atoms with van der Waals surface area (Å²) < 4.78 is 1.85. The Labute approximate surface area is 101 Å². The summed E-state index contributed by atoms with van der Waals surface area (Å²) >= 11 is 0. The molecule has 0 atom stereocenters. The molecule has 6 heteroatoms. The Morgan fingerprint density at radius 1 is 1.53 bits per heavy atom. The molecule has 2 rings (SSSR count). The maximum atomic E-state index is 11.2. The van der Waals surface area contributed by atoms with Crippen LogP contribution in [0.5, 0.6) is 0 Å². The number of carbonyl (C=O) groups excluding carboxylic acids is 1. The summed E-state index contributed by atoms with van der Waals surface area (Å²) in [5.41, 5.74) is 6.61. The number of amides is 1. The molecule has 1 saturated carbocycles. The van der Waals surface area contributed by atoms with Crippen LogP contribution in [-0.2, 0) is 6.54 Å². The molecule has 1 aliphatic carbocycles. The van der Waals surface area contributed by atoms with E-state index in [0.717, 1.165) is 38.0 Å². The molecule has 1 amide bonds. The average Bonchev–Trinajstić information content (AvgIpc) is 2.99. The van der Waals surface area contributed by atoms with Crippen molar-refractivity contribution >= 4 is 5.91 Å². The second kappa shape index (κ2) is 4.83. The van der Waals surface area contributed by atoms with E-state index in [9.17, 15) is 4.79 Å². The predicted octanol–water partition coefficient (Wildman–Crippen LogP) is 0.206. The molecule has 0 aliphatic heterocycles. The van der Waals surface area contributed by atoms with Gasteiger partial charge >= 0.3 is 0 Å². The van der Waals surface area contributed by atoms with Crippen LogP contribution in [-0.4, -0.2) is 46.4 Å². The third kappa shape index (κ3) is 2.82. The van der Waals surface area contributed by atoms with Crippen molar-refractivity contribution < 1.29 is 4.79 Å². The summed E-state index contributed by atoms with van der Waals surface area (Å²) in [7, 11) is 4.08. The largest absolute Gasteiger partial charge is 0.364 e. The van der Waals surface area contributed by atoms with Crippen LogP contribution < -0.4 is 5.73 Å². The number of aromatic nitrogens is 3. The smallest absolute Gasteiger partial charge is 0.271 e. The van der Waals surface area contributed by atoms with Crippen molar-refractivity contribution in [3.05, 3.63) is 11.4 Å². The van der Waals surface area contributed by atoms with Crippen molar-refractivity contribution in [1.82, 2.24) is 19.9 Å². The molecule has 1 heterocycles. The van der Waals surface area contributed by atoms with Gasteiger partial charge in [0.15, 0.2) is 5.69 Å². The molecule has 2 N–H and O–H groups in total. The Kier molecular flexibility index (Phi) is 3.42. The molecule has 0 unspecified atom stereocenters. The molecule has 6 nitrogen and oxygen atoms in total. The number of hydrogen-bond acceptors (Lipinski definition) is 4. The number of nitrogens with zero attached hydrogens (tertiary/aromatic N) is 4. The van der Waals surface area contributed by atoms with E-state index in [1.54, 1.807) is 0 Å². The van der Waals surface area contributed by atoms with Gasteiger partial charge in [-0.05, 0) is 39.9 Å². The molecule has 0 bridgehead atoms. The molecule has 0 saturated heterocycles. The van der Waals surface area contributed by atoms with Gasteiger partial charge in [0, 0.05) is 12.5 Å². The van der Waals surface area contributed by atoms with E-state index in [-0.39, 0.29) is 0 Å². The molecular formula is C11H19N5O. The van der Waals surface area contributed by atoms with Gasteiger partial charge in [0.1, 0.15) is 0 Å². The van der Waals surface area contributed by atoms with E-state index in [1.165, 1.54) is 0 Å². The number of rotatable bonds is 6. The van der Waals surface area contributed by atoms with Gasteiger partial charge in [0.2, 0.25) is 0 Å². The van der Waals surface area contributed by atoms with Gasteiger partial charge in [-0.15, -0.1) is 5.10 Å². The highest BCUT2D eigenvalue weighted by molar-refractivity contribution is 5.92. The van der Waals surface area contributed by atoms with E-state index in [0.29, 0.717) is 11.6 Å². The first kappa shape index (κ1) is 12.0. The topological polar surface area (TPSA) is 77.0 Å². The third-order valence-corrected chi connectivity index (χ3v) is 2.95. The highest BCUT2D eigenvalue weighted by atomic mass is 16.1. The van der Waals surface area contributed by atoms with Gasteiger partial charge in [-0.3, -0.25) is 4.79 Å². The molecule has 0 spiro atoms. The van der Waals surface area contributed by atoms with Crippen molar-refractivity contribution in [2.45, 2.75) is 31.7 Å². The van der Waals surface area contributed by atoms with Gasteiger partial charge < -0.3 is 10.6 Å². The maximum absolute atomic E-state index is 11.2. The van der Waals surface area contributed by atoms with Gasteiger partial charge in [0.25, 0.3) is 5.91 Å². The van der Waals surface area contributed by atoms with E-state index in [1.807, 2.05) is 18.8 Å². The Bertz CT molecular complexity index is 408. The van der Waals surface area contributed by atoms with Crippen LogP contribution in [0.2, 0.25) is 0 Å². The number of hydrogen-bond donors (Lipinski definition) is 1. The molecule has 94 valence electrons. The highest BCUT2D eigenvalue weighted by Crippen LogP contribution is 2.41. The lowest BCUT2D eigenvalue weighted by atomic mass is 10.2. The van der Waals surface area contributed by atoms with E-state index in [4.69, 9.17) is 5.73 Å². The zero-order valence-electron chi connectivity index (χ0n) is 10.4. The molecule has 17 heavy (non-hydrogen) atoms. The first-order valence-corrected chi connectivity index (χ1v) is 5.97. The summed E-state index contributed by atoms with van der Waals surface area (Å²) in [4.78, 5) is 13.4. The SMILES string of the molecule is CN(C)CCCn1nnc(C(N)=O)c1C1CC1. The van der Waals surface area contributed by atoms with Crippen LogP contribution in [0.25, 0.3) is 0 Å². The Balaban J connectivity index is 2.08. The number of nitrogens with two attached hydrogens (primary N) is 1. The molecule has 1 aromatic rings. The van der Waals surface area contributed by atoms with Crippen molar-refractivity contribution in [1.29, 1.82) is 0 Å². The third-order valence-electron chi connectivity index (χ3n) is 2.95. The normalized spacial score (nSPS) is 15.5. The van der Waals surface area contributed by atoms with Crippen LogP contribution in [0.15, 0.2) is 0 Å². The summed E-state index contributed by atoms with van der Waals surface area (Å²) in [6, 6.07) is 0. The molecule has 1 aliphatic rings. The first-order chi connectivity index (χ1) is 8.09. The Morgan fingerprint density at radius 3 is 2.76 bits per heavy atom. The van der Waals surface area contributed by atoms with Crippen LogP contribution in [0, 0.1) is 0 Å². The summed E-state index contributed by atoms with van der Waals surface area (Å²) in [6.45, 7) is 1.79. The predicted molar refractivity (Wildman–Crippen MR) is 63.7 cm³/mol. The Hall–Kier alpha value is -1.43. The maximum Gasteiger partial charge on any atom is 0.271 e. The van der Waals surface area contributed by atoms with Crippen molar-refractivity contribution in [3.8, 4) is 0 Å². The number of primary amides is 1. The number of carbonyl (C=O) groups is 1. The van der Waals surface area contributed by atoms with Crippen LogP contribution in [0.3, 0.4) is 0 Å². The second-order valence-corrected chi connectivity index (χ2v) is 4.84. The molecule has 0 radical (unpaired) electrons. The quantitative estimate of drug-likeness (QED) is 0.767.